The van der Waals surface area contributed by atoms with Gasteiger partial charge in [0, 0.05) is 24.9 Å². The van der Waals surface area contributed by atoms with Gasteiger partial charge in [-0.05, 0) is 18.2 Å². The maximum absolute atomic E-state index is 13.6. The number of carbonyl (C=O) groups excluding carboxylic acids is 2. The lowest BCUT2D eigenvalue weighted by Gasteiger charge is -2.23. The Morgan fingerprint density at radius 2 is 1.79 bits per heavy atom. The van der Waals surface area contributed by atoms with E-state index in [1.807, 2.05) is 6.07 Å². The van der Waals surface area contributed by atoms with Crippen LogP contribution in [0.15, 0.2) is 59.7 Å². The molecule has 0 saturated heterocycles. The van der Waals surface area contributed by atoms with Gasteiger partial charge in [-0.1, -0.05) is 36.4 Å². The first-order valence-corrected chi connectivity index (χ1v) is 7.62. The summed E-state index contributed by atoms with van der Waals surface area (Å²) in [5.74, 6) is -0.928. The standard InChI is InChI=1S/C18H16FN3O2/c19-15-9-5-4-6-13(15)12-20-18(24)16-10-11-17(23)22(21-16)14-7-2-1-3-8-14/h1-9H,10-12H2,(H,20,24). The number of carbonyl (C=O) groups is 2. The van der Waals surface area contributed by atoms with Gasteiger partial charge in [-0.25, -0.2) is 9.40 Å². The number of hydrazone groups is 1. The summed E-state index contributed by atoms with van der Waals surface area (Å²) in [6.45, 7) is 0.0732. The van der Waals surface area contributed by atoms with Gasteiger partial charge in [0.1, 0.15) is 11.5 Å². The number of hydrogen-bond acceptors (Lipinski definition) is 3. The van der Waals surface area contributed by atoms with Gasteiger partial charge >= 0.3 is 0 Å². The molecule has 0 saturated carbocycles. The summed E-state index contributed by atoms with van der Waals surface area (Å²) in [6, 6.07) is 15.2. The predicted octanol–water partition coefficient (Wildman–Crippen LogP) is 2.62. The summed E-state index contributed by atoms with van der Waals surface area (Å²) in [5.41, 5.74) is 1.27. The zero-order valence-corrected chi connectivity index (χ0v) is 12.9. The van der Waals surface area contributed by atoms with Gasteiger partial charge in [0.05, 0.1) is 5.69 Å². The molecule has 0 fully saturated rings. The lowest BCUT2D eigenvalue weighted by molar-refractivity contribution is -0.119. The Balaban J connectivity index is 1.72. The van der Waals surface area contributed by atoms with Crippen molar-refractivity contribution in [3.8, 4) is 0 Å². The summed E-state index contributed by atoms with van der Waals surface area (Å²) in [5, 5.41) is 8.05. The van der Waals surface area contributed by atoms with Crippen LogP contribution in [0.1, 0.15) is 18.4 Å². The number of amides is 2. The minimum absolute atomic E-state index is 0.0732. The van der Waals surface area contributed by atoms with Gasteiger partial charge < -0.3 is 5.32 Å². The highest BCUT2D eigenvalue weighted by atomic mass is 19.1. The molecule has 3 rings (SSSR count). The fourth-order valence-electron chi connectivity index (χ4n) is 2.41. The molecule has 24 heavy (non-hydrogen) atoms. The number of nitrogens with one attached hydrogen (secondary N) is 1. The maximum Gasteiger partial charge on any atom is 0.267 e. The van der Waals surface area contributed by atoms with E-state index in [0.717, 1.165) is 0 Å². The van der Waals surface area contributed by atoms with Crippen molar-refractivity contribution in [1.29, 1.82) is 0 Å². The van der Waals surface area contributed by atoms with Crippen LogP contribution in [0.5, 0.6) is 0 Å². The summed E-state index contributed by atoms with van der Waals surface area (Å²) in [7, 11) is 0. The third-order valence-corrected chi connectivity index (χ3v) is 3.69. The van der Waals surface area contributed by atoms with E-state index in [1.165, 1.54) is 11.1 Å². The summed E-state index contributed by atoms with van der Waals surface area (Å²) >= 11 is 0. The molecule has 1 aliphatic rings. The molecule has 0 spiro atoms. The predicted molar refractivity (Wildman–Crippen MR) is 88.8 cm³/mol. The molecule has 2 aromatic rings. The minimum Gasteiger partial charge on any atom is -0.347 e. The average molecular weight is 325 g/mol. The summed E-state index contributed by atoms with van der Waals surface area (Å²) < 4.78 is 13.6. The molecule has 2 aromatic carbocycles. The first kappa shape index (κ1) is 15.9. The average Bonchev–Trinajstić information content (AvgIpc) is 2.62. The van der Waals surface area contributed by atoms with Gasteiger partial charge in [0.2, 0.25) is 5.91 Å². The van der Waals surface area contributed by atoms with Crippen LogP contribution in [0.4, 0.5) is 10.1 Å². The molecule has 0 unspecified atom stereocenters. The monoisotopic (exact) mass is 325 g/mol. The Labute approximate surface area is 138 Å². The fraction of sp³-hybridized carbons (Fsp3) is 0.167. The minimum atomic E-state index is -0.397. The van der Waals surface area contributed by atoms with Gasteiger partial charge in [0.25, 0.3) is 5.91 Å². The van der Waals surface area contributed by atoms with Crippen LogP contribution in [0.3, 0.4) is 0 Å². The third-order valence-electron chi connectivity index (χ3n) is 3.69. The molecule has 0 atom stereocenters. The lowest BCUT2D eigenvalue weighted by Crippen LogP contribution is -2.39. The topological polar surface area (TPSA) is 61.8 Å². The molecule has 5 nitrogen and oxygen atoms in total. The number of anilines is 1. The first-order chi connectivity index (χ1) is 11.6. The molecule has 1 N–H and O–H groups in total. The van der Waals surface area contributed by atoms with E-state index in [1.54, 1.807) is 42.5 Å². The number of halogens is 1. The number of nitrogens with zero attached hydrogens (tertiary/aromatic N) is 2. The summed E-state index contributed by atoms with van der Waals surface area (Å²) in [6.07, 6.45) is 0.478. The first-order valence-electron chi connectivity index (χ1n) is 7.62. The molecular formula is C18H16FN3O2. The van der Waals surface area contributed by atoms with Crippen molar-refractivity contribution in [2.75, 3.05) is 5.01 Å². The van der Waals surface area contributed by atoms with E-state index in [4.69, 9.17) is 0 Å². The Hall–Kier alpha value is -3.02. The molecule has 0 aromatic heterocycles. The Kier molecular flexibility index (Phi) is 4.65. The lowest BCUT2D eigenvalue weighted by atomic mass is 10.1. The van der Waals surface area contributed by atoms with E-state index < -0.39 is 5.91 Å². The molecule has 0 radical (unpaired) electrons. The zero-order valence-electron chi connectivity index (χ0n) is 12.9. The molecule has 6 heteroatoms. The molecule has 122 valence electrons. The normalized spacial score (nSPS) is 14.3. The molecular weight excluding hydrogens is 309 g/mol. The van der Waals surface area contributed by atoms with Gasteiger partial charge in [0.15, 0.2) is 0 Å². The zero-order chi connectivity index (χ0) is 16.9. The van der Waals surface area contributed by atoms with Crippen molar-refractivity contribution in [1.82, 2.24) is 5.32 Å². The third kappa shape index (κ3) is 3.48. The molecule has 1 heterocycles. The summed E-state index contributed by atoms with van der Waals surface area (Å²) in [4.78, 5) is 24.3. The largest absolute Gasteiger partial charge is 0.347 e. The second-order valence-corrected chi connectivity index (χ2v) is 5.36. The fourth-order valence-corrected chi connectivity index (χ4v) is 2.41. The van der Waals surface area contributed by atoms with Crippen LogP contribution in [0.2, 0.25) is 0 Å². The van der Waals surface area contributed by atoms with Crippen molar-refractivity contribution in [2.24, 2.45) is 5.10 Å². The second kappa shape index (κ2) is 7.04. The van der Waals surface area contributed by atoms with Gasteiger partial charge in [-0.3, -0.25) is 9.59 Å². The van der Waals surface area contributed by atoms with E-state index in [2.05, 4.69) is 10.4 Å². The van der Waals surface area contributed by atoms with Crippen LogP contribution in [0, 0.1) is 5.82 Å². The van der Waals surface area contributed by atoms with Gasteiger partial charge in [-0.2, -0.15) is 5.10 Å². The van der Waals surface area contributed by atoms with E-state index in [0.29, 0.717) is 11.3 Å². The molecule has 1 aliphatic heterocycles. The molecule has 2 amide bonds. The van der Waals surface area contributed by atoms with Crippen molar-refractivity contribution in [2.45, 2.75) is 19.4 Å². The van der Waals surface area contributed by atoms with Crippen LogP contribution < -0.4 is 10.3 Å². The smallest absolute Gasteiger partial charge is 0.267 e. The van der Waals surface area contributed by atoms with E-state index in [-0.39, 0.29) is 36.8 Å². The highest BCUT2D eigenvalue weighted by Gasteiger charge is 2.25. The quantitative estimate of drug-likeness (QED) is 0.939. The number of benzene rings is 2. The number of para-hydroxylation sites is 1. The maximum atomic E-state index is 13.6. The van der Waals surface area contributed by atoms with Crippen molar-refractivity contribution >= 4 is 23.2 Å². The SMILES string of the molecule is O=C(NCc1ccccc1F)C1=NN(c2ccccc2)C(=O)CC1. The molecule has 0 aliphatic carbocycles. The highest BCUT2D eigenvalue weighted by Crippen LogP contribution is 2.19. The highest BCUT2D eigenvalue weighted by molar-refractivity contribution is 6.40. The Morgan fingerprint density at radius 3 is 2.54 bits per heavy atom. The molecule has 0 bridgehead atoms. The number of hydrogen-bond donors (Lipinski definition) is 1. The Morgan fingerprint density at radius 1 is 1.08 bits per heavy atom. The van der Waals surface area contributed by atoms with Crippen LogP contribution in [-0.2, 0) is 16.1 Å². The Bertz CT molecular complexity index is 790. The van der Waals surface area contributed by atoms with Crippen molar-refractivity contribution in [3.63, 3.8) is 0 Å². The van der Waals surface area contributed by atoms with E-state index >= 15 is 0 Å². The van der Waals surface area contributed by atoms with Crippen LogP contribution >= 0.6 is 0 Å². The van der Waals surface area contributed by atoms with E-state index in [9.17, 15) is 14.0 Å². The number of rotatable bonds is 4. The van der Waals surface area contributed by atoms with Crippen LogP contribution in [-0.4, -0.2) is 17.5 Å². The van der Waals surface area contributed by atoms with Crippen LogP contribution in [0.25, 0.3) is 0 Å². The second-order valence-electron chi connectivity index (χ2n) is 5.36. The van der Waals surface area contributed by atoms with Crippen molar-refractivity contribution < 1.29 is 14.0 Å². The van der Waals surface area contributed by atoms with Crippen molar-refractivity contribution in [3.05, 3.63) is 66.0 Å². The van der Waals surface area contributed by atoms with Gasteiger partial charge in [-0.15, -0.1) is 0 Å².